The summed E-state index contributed by atoms with van der Waals surface area (Å²) >= 11 is 0. The van der Waals surface area contributed by atoms with Crippen LogP contribution in [0.3, 0.4) is 0 Å². The molecule has 1 amide bonds. The van der Waals surface area contributed by atoms with Gasteiger partial charge >= 0.3 is 6.09 Å². The first-order chi connectivity index (χ1) is 11.1. The normalized spacial score (nSPS) is 21.5. The molecule has 4 heteroatoms. The van der Waals surface area contributed by atoms with Crippen LogP contribution in [0.25, 0.3) is 5.57 Å². The molecule has 2 N–H and O–H groups in total. The predicted molar refractivity (Wildman–Crippen MR) is 92.6 cm³/mol. The Bertz CT molecular complexity index is 591. The zero-order valence-electron chi connectivity index (χ0n) is 13.7. The van der Waals surface area contributed by atoms with Crippen molar-refractivity contribution in [3.8, 4) is 0 Å². The number of likely N-dealkylation sites (tertiary alicyclic amines) is 1. The van der Waals surface area contributed by atoms with Crippen LogP contribution in [0.15, 0.2) is 24.8 Å². The van der Waals surface area contributed by atoms with E-state index in [1.807, 2.05) is 0 Å². The topological polar surface area (TPSA) is 52.6 Å². The average molecular weight is 314 g/mol. The lowest BCUT2D eigenvalue weighted by Crippen LogP contribution is -2.31. The van der Waals surface area contributed by atoms with E-state index < -0.39 is 6.09 Å². The molecule has 3 rings (SSSR count). The second-order valence-corrected chi connectivity index (χ2v) is 6.75. The van der Waals surface area contributed by atoms with E-state index in [-0.39, 0.29) is 6.04 Å². The Morgan fingerprint density at radius 3 is 2.78 bits per heavy atom. The van der Waals surface area contributed by atoms with Gasteiger partial charge < -0.3 is 10.4 Å². The van der Waals surface area contributed by atoms with E-state index in [9.17, 15) is 4.79 Å². The quantitative estimate of drug-likeness (QED) is 0.888. The van der Waals surface area contributed by atoms with E-state index in [0.717, 1.165) is 31.4 Å². The first kappa shape index (κ1) is 16.1. The molecule has 2 aliphatic rings. The molecule has 1 saturated heterocycles. The van der Waals surface area contributed by atoms with Gasteiger partial charge in [0.25, 0.3) is 0 Å². The third kappa shape index (κ3) is 3.94. The minimum absolute atomic E-state index is 0.0688. The molecule has 1 heterocycles. The molecule has 4 nitrogen and oxygen atoms in total. The zero-order chi connectivity index (χ0) is 16.2. The molecule has 1 aromatic rings. The maximum Gasteiger partial charge on any atom is 0.405 e. The summed E-state index contributed by atoms with van der Waals surface area (Å²) in [6.45, 7) is 7.57. The predicted octanol–water partition coefficient (Wildman–Crippen LogP) is 3.83. The third-order valence-electron chi connectivity index (χ3n) is 5.03. The summed E-state index contributed by atoms with van der Waals surface area (Å²) in [5.41, 5.74) is 4.77. The highest BCUT2D eigenvalue weighted by Crippen LogP contribution is 2.31. The zero-order valence-corrected chi connectivity index (χ0v) is 13.7. The molecule has 0 aromatic heterocycles. The van der Waals surface area contributed by atoms with Crippen molar-refractivity contribution >= 4 is 11.7 Å². The van der Waals surface area contributed by atoms with Gasteiger partial charge in [0.2, 0.25) is 0 Å². The first-order valence-corrected chi connectivity index (χ1v) is 8.66. The van der Waals surface area contributed by atoms with Crippen molar-refractivity contribution in [2.24, 2.45) is 0 Å². The molecule has 1 atom stereocenters. The van der Waals surface area contributed by atoms with E-state index in [1.165, 1.54) is 49.1 Å². The highest BCUT2D eigenvalue weighted by atomic mass is 16.4. The van der Waals surface area contributed by atoms with E-state index in [1.54, 1.807) is 0 Å². The van der Waals surface area contributed by atoms with Crippen LogP contribution in [-0.4, -0.2) is 35.7 Å². The number of rotatable bonds is 4. The minimum Gasteiger partial charge on any atom is -0.465 e. The number of hydrogen-bond donors (Lipinski definition) is 2. The van der Waals surface area contributed by atoms with Crippen LogP contribution in [0.1, 0.15) is 54.8 Å². The van der Waals surface area contributed by atoms with E-state index in [0.29, 0.717) is 0 Å². The summed E-state index contributed by atoms with van der Waals surface area (Å²) in [6, 6.07) is 6.34. The number of nitrogens with zero attached hydrogens (tertiary/aromatic N) is 1. The van der Waals surface area contributed by atoms with Crippen molar-refractivity contribution in [2.45, 2.75) is 44.6 Å². The second kappa shape index (κ2) is 7.18. The fourth-order valence-electron chi connectivity index (χ4n) is 3.81. The molecule has 0 saturated carbocycles. The number of amides is 1. The Morgan fingerprint density at radius 1 is 1.26 bits per heavy atom. The van der Waals surface area contributed by atoms with Crippen LogP contribution in [0.5, 0.6) is 0 Å². The third-order valence-corrected chi connectivity index (χ3v) is 5.03. The number of carboxylic acid groups (broad SMARTS) is 1. The van der Waals surface area contributed by atoms with Gasteiger partial charge in [-0.15, -0.1) is 0 Å². The smallest absolute Gasteiger partial charge is 0.405 e. The van der Waals surface area contributed by atoms with Crippen LogP contribution in [0.2, 0.25) is 0 Å². The molecule has 1 fully saturated rings. The van der Waals surface area contributed by atoms with Crippen molar-refractivity contribution < 1.29 is 9.90 Å². The van der Waals surface area contributed by atoms with Crippen LogP contribution < -0.4 is 5.32 Å². The van der Waals surface area contributed by atoms with Gasteiger partial charge in [-0.05, 0) is 67.5 Å². The van der Waals surface area contributed by atoms with Crippen molar-refractivity contribution in [1.82, 2.24) is 10.2 Å². The highest BCUT2D eigenvalue weighted by molar-refractivity contribution is 5.67. The summed E-state index contributed by atoms with van der Waals surface area (Å²) in [6.07, 6.45) is 5.92. The largest absolute Gasteiger partial charge is 0.465 e. The molecule has 0 bridgehead atoms. The highest BCUT2D eigenvalue weighted by Gasteiger charge is 2.22. The van der Waals surface area contributed by atoms with E-state index in [4.69, 9.17) is 5.11 Å². The Balaban J connectivity index is 1.72. The number of fused-ring (bicyclic) bond motifs is 1. The molecule has 0 radical (unpaired) electrons. The molecular weight excluding hydrogens is 288 g/mol. The number of nitrogens with one attached hydrogen (secondary N) is 1. The van der Waals surface area contributed by atoms with Crippen molar-refractivity contribution in [3.05, 3.63) is 41.5 Å². The van der Waals surface area contributed by atoms with Gasteiger partial charge in [0, 0.05) is 6.54 Å². The van der Waals surface area contributed by atoms with Crippen molar-refractivity contribution in [1.29, 1.82) is 0 Å². The SMILES string of the molecule is C=C(CN1CCCCC1)c1ccc2c(c1)CCC[C@H]2NC(=O)O. The second-order valence-electron chi connectivity index (χ2n) is 6.75. The Morgan fingerprint density at radius 2 is 2.04 bits per heavy atom. The first-order valence-electron chi connectivity index (χ1n) is 8.66. The lowest BCUT2D eigenvalue weighted by Gasteiger charge is -2.28. The number of hydrogen-bond acceptors (Lipinski definition) is 2. The molecule has 1 aliphatic heterocycles. The fraction of sp³-hybridized carbons (Fsp3) is 0.526. The number of benzene rings is 1. The van der Waals surface area contributed by atoms with E-state index >= 15 is 0 Å². The van der Waals surface area contributed by atoms with Gasteiger partial charge in [-0.3, -0.25) is 4.90 Å². The van der Waals surface area contributed by atoms with Crippen molar-refractivity contribution in [3.63, 3.8) is 0 Å². The molecule has 1 aromatic carbocycles. The summed E-state index contributed by atoms with van der Waals surface area (Å²) in [5, 5.41) is 11.6. The molecule has 124 valence electrons. The standard InChI is InChI=1S/C19H26N2O2/c1-14(13-21-10-3-2-4-11-21)15-8-9-17-16(12-15)6-5-7-18(17)20-19(22)23/h8-9,12,18,20H,1-7,10-11,13H2,(H,22,23)/t18-/m1/s1. The lowest BCUT2D eigenvalue weighted by molar-refractivity contribution is 0.188. The summed E-state index contributed by atoms with van der Waals surface area (Å²) < 4.78 is 0. The number of piperidine rings is 1. The monoisotopic (exact) mass is 314 g/mol. The fourth-order valence-corrected chi connectivity index (χ4v) is 3.81. The van der Waals surface area contributed by atoms with Gasteiger partial charge in [0.15, 0.2) is 0 Å². The van der Waals surface area contributed by atoms with Crippen LogP contribution >= 0.6 is 0 Å². The molecule has 23 heavy (non-hydrogen) atoms. The van der Waals surface area contributed by atoms with Gasteiger partial charge in [0.1, 0.15) is 0 Å². The van der Waals surface area contributed by atoms with Crippen molar-refractivity contribution in [2.75, 3.05) is 19.6 Å². The Hall–Kier alpha value is -1.81. The Labute approximate surface area is 138 Å². The van der Waals surface area contributed by atoms with Gasteiger partial charge in [-0.1, -0.05) is 31.2 Å². The van der Waals surface area contributed by atoms with Crippen LogP contribution in [-0.2, 0) is 6.42 Å². The Kier molecular flexibility index (Phi) is 5.01. The average Bonchev–Trinajstić information content (AvgIpc) is 2.55. The lowest BCUT2D eigenvalue weighted by atomic mass is 9.85. The van der Waals surface area contributed by atoms with E-state index in [2.05, 4.69) is 35.0 Å². The molecular formula is C19H26N2O2. The minimum atomic E-state index is -0.943. The van der Waals surface area contributed by atoms with Crippen LogP contribution in [0.4, 0.5) is 4.79 Å². The summed E-state index contributed by atoms with van der Waals surface area (Å²) in [5.74, 6) is 0. The molecule has 0 spiro atoms. The molecule has 0 unspecified atom stereocenters. The van der Waals surface area contributed by atoms with Crippen LogP contribution in [0, 0.1) is 0 Å². The van der Waals surface area contributed by atoms with Gasteiger partial charge in [0.05, 0.1) is 6.04 Å². The van der Waals surface area contributed by atoms with Gasteiger partial charge in [-0.25, -0.2) is 4.79 Å². The maximum atomic E-state index is 10.9. The number of carbonyl (C=O) groups is 1. The maximum absolute atomic E-state index is 10.9. The number of aryl methyl sites for hydroxylation is 1. The summed E-state index contributed by atoms with van der Waals surface area (Å²) in [7, 11) is 0. The van der Waals surface area contributed by atoms with Gasteiger partial charge in [-0.2, -0.15) is 0 Å². The molecule has 1 aliphatic carbocycles. The summed E-state index contributed by atoms with van der Waals surface area (Å²) in [4.78, 5) is 13.4.